The van der Waals surface area contributed by atoms with Crippen LogP contribution in [0.3, 0.4) is 0 Å². The fourth-order valence-corrected chi connectivity index (χ4v) is 5.92. The summed E-state index contributed by atoms with van der Waals surface area (Å²) in [5, 5.41) is 7.39. The van der Waals surface area contributed by atoms with Crippen molar-refractivity contribution < 1.29 is 31.9 Å². The number of hydrogen-bond acceptors (Lipinski definition) is 4. The molecule has 2 heterocycles. The smallest absolute Gasteiger partial charge is 0.366 e. The lowest BCUT2D eigenvalue weighted by Crippen LogP contribution is -2.55. The molecule has 1 aromatic heterocycles. The second kappa shape index (κ2) is 13.6. The topological polar surface area (TPSA) is 110 Å². The Morgan fingerprint density at radius 2 is 1.72 bits per heavy atom. The highest BCUT2D eigenvalue weighted by Gasteiger charge is 2.45. The van der Waals surface area contributed by atoms with E-state index in [0.717, 1.165) is 48.7 Å². The molecule has 0 spiro atoms. The van der Waals surface area contributed by atoms with Gasteiger partial charge in [-0.05, 0) is 81.1 Å². The van der Waals surface area contributed by atoms with Crippen molar-refractivity contribution in [3.8, 4) is 5.69 Å². The molecule has 6 rings (SSSR count). The van der Waals surface area contributed by atoms with E-state index in [1.807, 2.05) is 36.4 Å². The van der Waals surface area contributed by atoms with Gasteiger partial charge < -0.3 is 11.1 Å². The number of halogens is 4. The van der Waals surface area contributed by atoms with E-state index in [9.17, 15) is 31.9 Å². The van der Waals surface area contributed by atoms with Crippen molar-refractivity contribution in [3.05, 3.63) is 124 Å². The zero-order valence-corrected chi connectivity index (χ0v) is 25.7. The predicted molar refractivity (Wildman–Crippen MR) is 168 cm³/mol. The molecule has 1 aliphatic heterocycles. The van der Waals surface area contributed by atoms with Crippen LogP contribution < -0.4 is 16.0 Å². The monoisotopic (exact) mass is 647 g/mol. The van der Waals surface area contributed by atoms with Gasteiger partial charge in [0.1, 0.15) is 17.7 Å². The molecule has 0 bridgehead atoms. The Bertz CT molecular complexity index is 1820. The van der Waals surface area contributed by atoms with Gasteiger partial charge in [-0.15, -0.1) is 0 Å². The fraction of sp³-hybridized carbons (Fsp3) is 0.257. The van der Waals surface area contributed by atoms with Crippen LogP contribution >= 0.6 is 0 Å². The van der Waals surface area contributed by atoms with E-state index in [1.165, 1.54) is 35.2 Å². The number of carbonyl (C=O) groups excluding carboxylic acids is 3. The number of nitrogens with two attached hydrogens (primary N) is 1. The number of hydrogen-bond donors (Lipinski definition) is 2. The maximum atomic E-state index is 14.0. The number of para-hydroxylation sites is 1. The molecule has 0 radical (unpaired) electrons. The summed E-state index contributed by atoms with van der Waals surface area (Å²) in [6.45, 7) is 3.81. The van der Waals surface area contributed by atoms with Crippen molar-refractivity contribution in [3.63, 3.8) is 0 Å². The van der Waals surface area contributed by atoms with Gasteiger partial charge in [-0.1, -0.05) is 42.5 Å². The number of fused-ring (bicyclic) bond motifs is 1. The summed E-state index contributed by atoms with van der Waals surface area (Å²) in [6.07, 6.45) is 0.291. The molecule has 4 aromatic rings. The molecule has 3 amide bonds. The van der Waals surface area contributed by atoms with Gasteiger partial charge in [-0.2, -0.15) is 18.3 Å². The second-order valence-electron chi connectivity index (χ2n) is 11.2. The number of amides is 3. The number of allylic oxidation sites excluding steroid dienone is 1. The summed E-state index contributed by atoms with van der Waals surface area (Å²) in [5.41, 5.74) is 7.10. The van der Waals surface area contributed by atoms with Crippen LogP contribution in [0.1, 0.15) is 64.8 Å². The Morgan fingerprint density at radius 1 is 1.02 bits per heavy atom. The highest BCUT2D eigenvalue weighted by Crippen LogP contribution is 2.43. The van der Waals surface area contributed by atoms with Gasteiger partial charge in [0.2, 0.25) is 5.91 Å². The molecule has 2 unspecified atom stereocenters. The molecule has 0 saturated heterocycles. The fourth-order valence-electron chi connectivity index (χ4n) is 5.92. The molecule has 3 N–H and O–H groups in total. The van der Waals surface area contributed by atoms with E-state index < -0.39 is 41.3 Å². The molecule has 244 valence electrons. The number of benzene rings is 3. The number of rotatable bonds is 6. The molecular weight excluding hydrogens is 614 g/mol. The Kier molecular flexibility index (Phi) is 9.59. The molecule has 0 saturated carbocycles. The maximum absolute atomic E-state index is 14.0. The second-order valence-corrected chi connectivity index (χ2v) is 11.2. The van der Waals surface area contributed by atoms with Crippen molar-refractivity contribution in [2.75, 3.05) is 11.4 Å². The zero-order chi connectivity index (χ0) is 33.9. The van der Waals surface area contributed by atoms with Crippen molar-refractivity contribution >= 4 is 23.5 Å². The molecular formula is C35H33F4N5O3. The third kappa shape index (κ3) is 6.96. The minimum absolute atomic E-state index is 0.235. The standard InChI is InChI=1S/C29H24F4N4O2.C6H9NO/c1-3-36-27-23(17(2)35-37(27)22-10-5-4-6-11-22)24(18-12-14-21(30)15-13-18)25(28(36)39)34-26(38)19-8-7-9-20(16-19)29(31,32)33;7-6(8)5-3-1-2-4-5/h4-16,24-25H,3H2,1-2H3,(H,34,38);3H,1-2,4H2,(H2,7,8). The van der Waals surface area contributed by atoms with Gasteiger partial charge in [0.05, 0.1) is 16.9 Å². The number of nitrogens with one attached hydrogen (secondary N) is 1. The van der Waals surface area contributed by atoms with Gasteiger partial charge in [0.25, 0.3) is 11.8 Å². The Labute approximate surface area is 268 Å². The Balaban J connectivity index is 0.000000474. The number of nitrogens with zero attached hydrogens (tertiary/aromatic N) is 3. The van der Waals surface area contributed by atoms with E-state index in [1.54, 1.807) is 18.5 Å². The average molecular weight is 648 g/mol. The van der Waals surface area contributed by atoms with Crippen LogP contribution in [0.5, 0.6) is 0 Å². The SMILES string of the molecule is CCN1C(=O)C(NC(=O)c2cccc(C(F)(F)F)c2)C(c2ccc(F)cc2)c2c(C)nn(-c3ccccc3)c21.NC(=O)C1=CCCC1. The number of likely N-dealkylation sites (N-methyl/N-ethyl adjacent to an activating group) is 1. The summed E-state index contributed by atoms with van der Waals surface area (Å²) in [6, 6.07) is 17.6. The third-order valence-electron chi connectivity index (χ3n) is 8.16. The maximum Gasteiger partial charge on any atom is 0.416 e. The van der Waals surface area contributed by atoms with Crippen LogP contribution in [0.2, 0.25) is 0 Å². The molecule has 2 atom stereocenters. The van der Waals surface area contributed by atoms with Crippen molar-refractivity contribution in [1.29, 1.82) is 0 Å². The van der Waals surface area contributed by atoms with E-state index in [2.05, 4.69) is 5.32 Å². The van der Waals surface area contributed by atoms with E-state index in [0.29, 0.717) is 22.6 Å². The number of alkyl halides is 3. The number of anilines is 1. The van der Waals surface area contributed by atoms with E-state index in [4.69, 9.17) is 10.8 Å². The van der Waals surface area contributed by atoms with Gasteiger partial charge in [0.15, 0.2) is 0 Å². The third-order valence-corrected chi connectivity index (χ3v) is 8.16. The van der Waals surface area contributed by atoms with Gasteiger partial charge in [-0.25, -0.2) is 9.07 Å². The van der Waals surface area contributed by atoms with Crippen molar-refractivity contribution in [2.45, 2.75) is 51.2 Å². The molecule has 8 nitrogen and oxygen atoms in total. The van der Waals surface area contributed by atoms with E-state index in [-0.39, 0.29) is 18.0 Å². The molecule has 47 heavy (non-hydrogen) atoms. The average Bonchev–Trinajstić information content (AvgIpc) is 3.72. The number of aromatic nitrogens is 2. The van der Waals surface area contributed by atoms with Gasteiger partial charge in [-0.3, -0.25) is 19.3 Å². The van der Waals surface area contributed by atoms with Gasteiger partial charge >= 0.3 is 6.18 Å². The normalized spacial score (nSPS) is 17.4. The van der Waals surface area contributed by atoms with Crippen LogP contribution in [-0.2, 0) is 15.8 Å². The Morgan fingerprint density at radius 3 is 2.30 bits per heavy atom. The summed E-state index contributed by atoms with van der Waals surface area (Å²) in [7, 11) is 0. The van der Waals surface area contributed by atoms with E-state index >= 15 is 0 Å². The van der Waals surface area contributed by atoms with Crippen LogP contribution in [-0.4, -0.2) is 40.1 Å². The lowest BCUT2D eigenvalue weighted by molar-refractivity contribution is -0.137. The highest BCUT2D eigenvalue weighted by molar-refractivity contribution is 6.05. The minimum atomic E-state index is -4.63. The predicted octanol–water partition coefficient (Wildman–Crippen LogP) is 6.22. The van der Waals surface area contributed by atoms with Crippen molar-refractivity contribution in [1.82, 2.24) is 15.1 Å². The first-order valence-electron chi connectivity index (χ1n) is 15.1. The zero-order valence-electron chi connectivity index (χ0n) is 25.7. The van der Waals surface area contributed by atoms with Crippen LogP contribution in [0.4, 0.5) is 23.4 Å². The summed E-state index contributed by atoms with van der Waals surface area (Å²) in [4.78, 5) is 39.1. The number of aryl methyl sites for hydroxylation is 1. The van der Waals surface area contributed by atoms with Gasteiger partial charge in [0, 0.05) is 29.2 Å². The first-order chi connectivity index (χ1) is 22.4. The molecule has 12 heteroatoms. The first kappa shape index (κ1) is 33.1. The lowest BCUT2D eigenvalue weighted by Gasteiger charge is -2.38. The lowest BCUT2D eigenvalue weighted by atomic mass is 9.81. The molecule has 2 aliphatic rings. The van der Waals surface area contributed by atoms with Crippen molar-refractivity contribution in [2.24, 2.45) is 5.73 Å². The summed E-state index contributed by atoms with van der Waals surface area (Å²) in [5.74, 6) is -2.27. The quantitative estimate of drug-likeness (QED) is 0.242. The number of carbonyl (C=O) groups is 3. The summed E-state index contributed by atoms with van der Waals surface area (Å²) < 4.78 is 55.4. The molecule has 1 aliphatic carbocycles. The highest BCUT2D eigenvalue weighted by atomic mass is 19.4. The Hall–Kier alpha value is -5.26. The minimum Gasteiger partial charge on any atom is -0.366 e. The largest absolute Gasteiger partial charge is 0.416 e. The number of primary amides is 1. The van der Waals surface area contributed by atoms with Crippen LogP contribution in [0, 0.1) is 12.7 Å². The first-order valence-corrected chi connectivity index (χ1v) is 15.1. The van der Waals surface area contributed by atoms with Crippen LogP contribution in [0.15, 0.2) is 90.5 Å². The molecule has 3 aromatic carbocycles. The van der Waals surface area contributed by atoms with Crippen LogP contribution in [0.25, 0.3) is 5.69 Å². The summed E-state index contributed by atoms with van der Waals surface area (Å²) >= 11 is 0. The molecule has 0 fully saturated rings.